The molecule has 0 saturated carbocycles. The van der Waals surface area contributed by atoms with E-state index in [0.717, 1.165) is 0 Å². The summed E-state index contributed by atoms with van der Waals surface area (Å²) in [5.41, 5.74) is 0.903. The van der Waals surface area contributed by atoms with Crippen LogP contribution in [0.4, 0.5) is 0 Å². The normalized spacial score (nSPS) is 11.7. The average molecular weight is 231 g/mol. The molecular formula is C13H17N3O. The smallest absolute Gasteiger partial charge is 0.236 e. The first-order chi connectivity index (χ1) is 8.14. The highest BCUT2D eigenvalue weighted by Crippen LogP contribution is 2.29. The maximum absolute atomic E-state index is 5.34. The van der Waals surface area contributed by atoms with Crippen LogP contribution in [-0.4, -0.2) is 17.2 Å². The van der Waals surface area contributed by atoms with Crippen LogP contribution in [0.2, 0.25) is 0 Å². The molecule has 1 aromatic heterocycles. The molecule has 0 unspecified atom stereocenters. The first kappa shape index (κ1) is 11.8. The summed E-state index contributed by atoms with van der Waals surface area (Å²) < 4.78 is 5.34. The van der Waals surface area contributed by atoms with E-state index in [1.54, 1.807) is 0 Å². The van der Waals surface area contributed by atoms with Crippen molar-refractivity contribution in [1.82, 2.24) is 15.5 Å². The molecule has 0 aliphatic heterocycles. The molecule has 2 rings (SSSR count). The van der Waals surface area contributed by atoms with Gasteiger partial charge in [0.15, 0.2) is 5.82 Å². The summed E-state index contributed by atoms with van der Waals surface area (Å²) in [5, 5.41) is 6.95. The van der Waals surface area contributed by atoms with Gasteiger partial charge in [-0.3, -0.25) is 0 Å². The van der Waals surface area contributed by atoms with Gasteiger partial charge in [-0.15, -0.1) is 0 Å². The van der Waals surface area contributed by atoms with Crippen LogP contribution in [0.1, 0.15) is 31.1 Å². The second-order valence-electron chi connectivity index (χ2n) is 4.54. The number of benzene rings is 1. The van der Waals surface area contributed by atoms with E-state index in [2.05, 4.69) is 41.4 Å². The third-order valence-corrected chi connectivity index (χ3v) is 2.83. The minimum absolute atomic E-state index is 0.264. The lowest BCUT2D eigenvalue weighted by Crippen LogP contribution is -2.19. The van der Waals surface area contributed by atoms with Crippen LogP contribution in [0, 0.1) is 0 Å². The Bertz CT molecular complexity index is 476. The van der Waals surface area contributed by atoms with Gasteiger partial charge in [-0.05, 0) is 26.5 Å². The molecule has 0 atom stereocenters. The van der Waals surface area contributed by atoms with Gasteiger partial charge in [-0.2, -0.15) is 4.98 Å². The largest absolute Gasteiger partial charge is 0.338 e. The van der Waals surface area contributed by atoms with E-state index < -0.39 is 0 Å². The molecule has 0 aliphatic carbocycles. The third-order valence-electron chi connectivity index (χ3n) is 2.83. The van der Waals surface area contributed by atoms with Gasteiger partial charge in [0.05, 0.1) is 12.0 Å². The Kier molecular flexibility index (Phi) is 3.24. The molecular weight excluding hydrogens is 214 g/mol. The number of hydrogen-bond donors (Lipinski definition) is 1. The van der Waals surface area contributed by atoms with Gasteiger partial charge in [-0.1, -0.05) is 35.5 Å². The Morgan fingerprint density at radius 3 is 2.59 bits per heavy atom. The van der Waals surface area contributed by atoms with Crippen molar-refractivity contribution in [3.8, 4) is 0 Å². The van der Waals surface area contributed by atoms with Crippen molar-refractivity contribution in [1.29, 1.82) is 0 Å². The van der Waals surface area contributed by atoms with Crippen molar-refractivity contribution < 1.29 is 4.52 Å². The van der Waals surface area contributed by atoms with Crippen LogP contribution < -0.4 is 5.32 Å². The molecule has 1 aromatic carbocycles. The summed E-state index contributed by atoms with van der Waals surface area (Å²) in [7, 11) is 1.86. The van der Waals surface area contributed by atoms with Crippen molar-refractivity contribution in [3.05, 3.63) is 47.6 Å². The lowest BCUT2D eigenvalue weighted by atomic mass is 9.84. The predicted octanol–water partition coefficient (Wildman–Crippen LogP) is 2.11. The van der Waals surface area contributed by atoms with Crippen molar-refractivity contribution in [2.24, 2.45) is 0 Å². The number of hydrogen-bond acceptors (Lipinski definition) is 4. The predicted molar refractivity (Wildman–Crippen MR) is 65.6 cm³/mol. The van der Waals surface area contributed by atoms with Crippen LogP contribution in [0.3, 0.4) is 0 Å². The monoisotopic (exact) mass is 231 g/mol. The fourth-order valence-electron chi connectivity index (χ4n) is 1.72. The molecule has 0 aliphatic rings. The molecule has 0 bridgehead atoms. The number of nitrogens with zero attached hydrogens (tertiary/aromatic N) is 2. The summed E-state index contributed by atoms with van der Waals surface area (Å²) in [5.74, 6) is 1.33. The second-order valence-corrected chi connectivity index (χ2v) is 4.54. The summed E-state index contributed by atoms with van der Waals surface area (Å²) in [6, 6.07) is 10.2. The van der Waals surface area contributed by atoms with E-state index in [-0.39, 0.29) is 5.41 Å². The Hall–Kier alpha value is -1.68. The number of aromatic nitrogens is 2. The summed E-state index contributed by atoms with van der Waals surface area (Å²) in [4.78, 5) is 4.41. The summed E-state index contributed by atoms with van der Waals surface area (Å²) in [6.07, 6.45) is 0. The van der Waals surface area contributed by atoms with Gasteiger partial charge in [0.25, 0.3) is 0 Å². The fraction of sp³-hybridized carbons (Fsp3) is 0.385. The molecule has 0 spiro atoms. The second kappa shape index (κ2) is 4.67. The minimum atomic E-state index is -0.264. The molecule has 0 fully saturated rings. The number of rotatable bonds is 4. The molecule has 0 amide bonds. The van der Waals surface area contributed by atoms with Gasteiger partial charge in [0, 0.05) is 0 Å². The average Bonchev–Trinajstić information content (AvgIpc) is 2.80. The lowest BCUT2D eigenvalue weighted by molar-refractivity contribution is 0.329. The highest BCUT2D eigenvalue weighted by molar-refractivity contribution is 5.29. The Balaban J connectivity index is 2.31. The van der Waals surface area contributed by atoms with Gasteiger partial charge >= 0.3 is 0 Å². The van der Waals surface area contributed by atoms with E-state index in [0.29, 0.717) is 18.3 Å². The lowest BCUT2D eigenvalue weighted by Gasteiger charge is -2.20. The van der Waals surface area contributed by atoms with Crippen molar-refractivity contribution in [2.45, 2.75) is 25.8 Å². The zero-order chi connectivity index (χ0) is 12.3. The highest BCUT2D eigenvalue weighted by atomic mass is 16.5. The van der Waals surface area contributed by atoms with Crippen LogP contribution >= 0.6 is 0 Å². The van der Waals surface area contributed by atoms with Crippen molar-refractivity contribution in [3.63, 3.8) is 0 Å². The standard InChI is InChI=1S/C13H17N3O/c1-13(2,10-7-5-4-6-8-10)12-15-11(9-14-3)16-17-12/h4-8,14H,9H2,1-3H3. The highest BCUT2D eigenvalue weighted by Gasteiger charge is 2.29. The summed E-state index contributed by atoms with van der Waals surface area (Å²) >= 11 is 0. The molecule has 1 heterocycles. The zero-order valence-electron chi connectivity index (χ0n) is 10.4. The quantitative estimate of drug-likeness (QED) is 0.875. The van der Waals surface area contributed by atoms with Gasteiger partial charge < -0.3 is 9.84 Å². The van der Waals surface area contributed by atoms with Crippen molar-refractivity contribution in [2.75, 3.05) is 7.05 Å². The fourth-order valence-corrected chi connectivity index (χ4v) is 1.72. The Morgan fingerprint density at radius 1 is 1.24 bits per heavy atom. The van der Waals surface area contributed by atoms with Gasteiger partial charge in [0.1, 0.15) is 0 Å². The van der Waals surface area contributed by atoms with Crippen LogP contribution in [0.5, 0.6) is 0 Å². The van der Waals surface area contributed by atoms with E-state index in [1.165, 1.54) is 5.56 Å². The van der Waals surface area contributed by atoms with Crippen molar-refractivity contribution >= 4 is 0 Å². The SMILES string of the molecule is CNCc1noc(C(C)(C)c2ccccc2)n1. The summed E-state index contributed by atoms with van der Waals surface area (Å²) in [6.45, 7) is 4.78. The molecule has 0 saturated heterocycles. The molecule has 4 heteroatoms. The topological polar surface area (TPSA) is 51.0 Å². The van der Waals surface area contributed by atoms with Crippen LogP contribution in [0.25, 0.3) is 0 Å². The number of nitrogens with one attached hydrogen (secondary N) is 1. The van der Waals surface area contributed by atoms with E-state index in [1.807, 2.05) is 25.2 Å². The zero-order valence-corrected chi connectivity index (χ0v) is 10.4. The van der Waals surface area contributed by atoms with E-state index in [9.17, 15) is 0 Å². The molecule has 0 radical (unpaired) electrons. The van der Waals surface area contributed by atoms with Crippen LogP contribution in [-0.2, 0) is 12.0 Å². The molecule has 2 aromatic rings. The van der Waals surface area contributed by atoms with Gasteiger partial charge in [-0.25, -0.2) is 0 Å². The molecule has 1 N–H and O–H groups in total. The molecule has 17 heavy (non-hydrogen) atoms. The van der Waals surface area contributed by atoms with Gasteiger partial charge in [0.2, 0.25) is 5.89 Å². The van der Waals surface area contributed by atoms with E-state index >= 15 is 0 Å². The Labute approximate surface area is 101 Å². The molecule has 90 valence electrons. The minimum Gasteiger partial charge on any atom is -0.338 e. The Morgan fingerprint density at radius 2 is 1.94 bits per heavy atom. The molecule has 4 nitrogen and oxygen atoms in total. The third kappa shape index (κ3) is 2.36. The first-order valence-corrected chi connectivity index (χ1v) is 5.68. The van der Waals surface area contributed by atoms with E-state index in [4.69, 9.17) is 4.52 Å². The van der Waals surface area contributed by atoms with Crippen LogP contribution in [0.15, 0.2) is 34.9 Å². The maximum atomic E-state index is 5.34. The first-order valence-electron chi connectivity index (χ1n) is 5.68. The maximum Gasteiger partial charge on any atom is 0.236 e.